The molecule has 156 valence electrons. The molecule has 0 fully saturated rings. The molecule has 31 heavy (non-hydrogen) atoms. The molecule has 5 rings (SSSR count). The lowest BCUT2D eigenvalue weighted by atomic mass is 10.1. The zero-order chi connectivity index (χ0) is 21.4. The summed E-state index contributed by atoms with van der Waals surface area (Å²) in [7, 11) is 1.64. The fraction of sp³-hybridized carbons (Fsp3) is 0.217. The van der Waals surface area contributed by atoms with Crippen molar-refractivity contribution < 1.29 is 9.53 Å². The molecule has 0 unspecified atom stereocenters. The number of nitrogens with zero attached hydrogens (tertiary/aromatic N) is 5. The predicted octanol–water partition coefficient (Wildman–Crippen LogP) is 3.89. The number of benzene rings is 2. The predicted molar refractivity (Wildman–Crippen MR) is 121 cm³/mol. The van der Waals surface area contributed by atoms with Crippen molar-refractivity contribution in [2.24, 2.45) is 0 Å². The highest BCUT2D eigenvalue weighted by Crippen LogP contribution is 2.33. The van der Waals surface area contributed by atoms with Crippen molar-refractivity contribution in [2.45, 2.75) is 24.4 Å². The number of aromatic nitrogens is 4. The number of methoxy groups -OCH3 is 1. The van der Waals surface area contributed by atoms with Crippen molar-refractivity contribution in [3.8, 4) is 11.4 Å². The van der Waals surface area contributed by atoms with Crippen molar-refractivity contribution >= 4 is 34.4 Å². The van der Waals surface area contributed by atoms with Crippen LogP contribution >= 0.6 is 11.8 Å². The summed E-state index contributed by atoms with van der Waals surface area (Å²) in [5, 5.41) is 6.07. The third kappa shape index (κ3) is 3.53. The lowest BCUT2D eigenvalue weighted by molar-refractivity contribution is -0.116. The number of para-hydroxylation sites is 1. The monoisotopic (exact) mass is 431 g/mol. The summed E-state index contributed by atoms with van der Waals surface area (Å²) in [6.45, 7) is 2.09. The van der Waals surface area contributed by atoms with Gasteiger partial charge in [0.05, 0.1) is 30.1 Å². The molecule has 1 aliphatic rings. The minimum absolute atomic E-state index is 0.0803. The van der Waals surface area contributed by atoms with E-state index in [-0.39, 0.29) is 11.9 Å². The van der Waals surface area contributed by atoms with Gasteiger partial charge in [0.2, 0.25) is 5.91 Å². The molecule has 1 amide bonds. The first-order chi connectivity index (χ1) is 15.2. The number of amides is 1. The molecule has 0 radical (unpaired) electrons. The standard InChI is InChI=1S/C23H21N5O2S/c1-15-11-16-5-3-4-6-20(16)27(15)21(29)13-31-23-19-12-26-28(22(19)24-14-25-23)17-7-9-18(30-2)10-8-17/h3-10,12,14-15H,11,13H2,1-2H3/t15-/m1/s1. The van der Waals surface area contributed by atoms with Crippen molar-refractivity contribution in [2.75, 3.05) is 17.8 Å². The maximum absolute atomic E-state index is 13.0. The molecule has 1 atom stereocenters. The van der Waals surface area contributed by atoms with E-state index in [1.54, 1.807) is 18.0 Å². The number of ether oxygens (including phenoxy) is 1. The fourth-order valence-electron chi connectivity index (χ4n) is 4.00. The Hall–Kier alpha value is -3.39. The molecule has 2 aromatic heterocycles. The van der Waals surface area contributed by atoms with Crippen LogP contribution in [0.25, 0.3) is 16.7 Å². The molecule has 0 spiro atoms. The molecule has 0 saturated heterocycles. The van der Waals surface area contributed by atoms with E-state index >= 15 is 0 Å². The Morgan fingerprint density at radius 3 is 2.77 bits per heavy atom. The lowest BCUT2D eigenvalue weighted by Crippen LogP contribution is -2.36. The fourth-order valence-corrected chi connectivity index (χ4v) is 4.82. The van der Waals surface area contributed by atoms with E-state index in [4.69, 9.17) is 4.74 Å². The Kier molecular flexibility index (Phi) is 5.07. The number of carbonyl (C=O) groups is 1. The van der Waals surface area contributed by atoms with E-state index < -0.39 is 0 Å². The first kappa shape index (κ1) is 19.6. The minimum Gasteiger partial charge on any atom is -0.497 e. The lowest BCUT2D eigenvalue weighted by Gasteiger charge is -2.22. The molecular weight excluding hydrogens is 410 g/mol. The van der Waals surface area contributed by atoms with Gasteiger partial charge in [-0.3, -0.25) is 4.79 Å². The van der Waals surface area contributed by atoms with Crippen molar-refractivity contribution in [1.29, 1.82) is 0 Å². The van der Waals surface area contributed by atoms with Gasteiger partial charge in [-0.15, -0.1) is 0 Å². The van der Waals surface area contributed by atoms with E-state index in [2.05, 4.69) is 28.1 Å². The van der Waals surface area contributed by atoms with Crippen LogP contribution in [0.15, 0.2) is 66.1 Å². The van der Waals surface area contributed by atoms with E-state index in [1.165, 1.54) is 23.7 Å². The number of thioether (sulfide) groups is 1. The molecule has 3 heterocycles. The number of hydrogen-bond donors (Lipinski definition) is 0. The highest BCUT2D eigenvalue weighted by Gasteiger charge is 2.30. The molecule has 1 aliphatic heterocycles. The zero-order valence-corrected chi connectivity index (χ0v) is 18.0. The van der Waals surface area contributed by atoms with Crippen LogP contribution in [0.2, 0.25) is 0 Å². The van der Waals surface area contributed by atoms with Crippen LogP contribution in [0.1, 0.15) is 12.5 Å². The second-order valence-electron chi connectivity index (χ2n) is 7.40. The first-order valence-electron chi connectivity index (χ1n) is 10.0. The number of fused-ring (bicyclic) bond motifs is 2. The van der Waals surface area contributed by atoms with Crippen LogP contribution < -0.4 is 9.64 Å². The van der Waals surface area contributed by atoms with Gasteiger partial charge in [0, 0.05) is 11.7 Å². The summed E-state index contributed by atoms with van der Waals surface area (Å²) in [4.78, 5) is 23.8. The number of anilines is 1. The largest absolute Gasteiger partial charge is 0.497 e. The summed E-state index contributed by atoms with van der Waals surface area (Å²) < 4.78 is 6.99. The summed E-state index contributed by atoms with van der Waals surface area (Å²) in [5.74, 6) is 1.16. The van der Waals surface area contributed by atoms with Crippen LogP contribution in [0.4, 0.5) is 5.69 Å². The molecule has 0 N–H and O–H groups in total. The molecule has 2 aromatic carbocycles. The van der Waals surface area contributed by atoms with Crippen LogP contribution in [0.3, 0.4) is 0 Å². The molecule has 0 saturated carbocycles. The van der Waals surface area contributed by atoms with Gasteiger partial charge < -0.3 is 9.64 Å². The van der Waals surface area contributed by atoms with Gasteiger partial charge in [-0.05, 0) is 49.2 Å². The maximum atomic E-state index is 13.0. The Labute approximate surface area is 184 Å². The molecule has 4 aromatic rings. The minimum atomic E-state index is 0.0803. The maximum Gasteiger partial charge on any atom is 0.237 e. The average Bonchev–Trinajstić information content (AvgIpc) is 3.38. The van der Waals surface area contributed by atoms with Gasteiger partial charge in [0.1, 0.15) is 17.1 Å². The van der Waals surface area contributed by atoms with Gasteiger partial charge in [-0.2, -0.15) is 5.10 Å². The van der Waals surface area contributed by atoms with Gasteiger partial charge in [-0.25, -0.2) is 14.6 Å². The van der Waals surface area contributed by atoms with E-state index in [9.17, 15) is 4.79 Å². The number of hydrogen-bond acceptors (Lipinski definition) is 6. The molecule has 0 aliphatic carbocycles. The highest BCUT2D eigenvalue weighted by atomic mass is 32.2. The summed E-state index contributed by atoms with van der Waals surface area (Å²) in [5.41, 5.74) is 3.82. The SMILES string of the molecule is COc1ccc(-n2ncc3c(SCC(=O)N4c5ccccc5C[C@H]4C)ncnc32)cc1. The second-order valence-corrected chi connectivity index (χ2v) is 8.37. The van der Waals surface area contributed by atoms with Crippen LogP contribution in [0.5, 0.6) is 5.75 Å². The van der Waals surface area contributed by atoms with E-state index in [0.29, 0.717) is 11.4 Å². The van der Waals surface area contributed by atoms with Crippen molar-refractivity contribution in [1.82, 2.24) is 19.7 Å². The van der Waals surface area contributed by atoms with E-state index in [0.717, 1.165) is 34.0 Å². The average molecular weight is 432 g/mol. The van der Waals surface area contributed by atoms with Crippen LogP contribution in [-0.4, -0.2) is 44.6 Å². The van der Waals surface area contributed by atoms with E-state index in [1.807, 2.05) is 47.4 Å². The Morgan fingerprint density at radius 1 is 1.16 bits per heavy atom. The highest BCUT2D eigenvalue weighted by molar-refractivity contribution is 8.00. The topological polar surface area (TPSA) is 73.1 Å². The molecular formula is C23H21N5O2S. The smallest absolute Gasteiger partial charge is 0.237 e. The third-order valence-corrected chi connectivity index (χ3v) is 6.44. The van der Waals surface area contributed by atoms with Crippen molar-refractivity contribution in [3.63, 3.8) is 0 Å². The number of carbonyl (C=O) groups excluding carboxylic acids is 1. The van der Waals surface area contributed by atoms with Gasteiger partial charge in [0.15, 0.2) is 5.65 Å². The van der Waals surface area contributed by atoms with Crippen molar-refractivity contribution in [3.05, 3.63) is 66.6 Å². The van der Waals surface area contributed by atoms with Crippen LogP contribution in [-0.2, 0) is 11.2 Å². The molecule has 8 heteroatoms. The third-order valence-electron chi connectivity index (χ3n) is 5.45. The first-order valence-corrected chi connectivity index (χ1v) is 11.0. The summed E-state index contributed by atoms with van der Waals surface area (Å²) >= 11 is 1.42. The van der Waals surface area contributed by atoms with Gasteiger partial charge in [0.25, 0.3) is 0 Å². The normalized spacial score (nSPS) is 15.3. The Bertz CT molecular complexity index is 1250. The quantitative estimate of drug-likeness (QED) is 0.353. The Morgan fingerprint density at radius 2 is 1.97 bits per heavy atom. The van der Waals surface area contributed by atoms with Gasteiger partial charge >= 0.3 is 0 Å². The Balaban J connectivity index is 1.38. The molecule has 7 nitrogen and oxygen atoms in total. The summed E-state index contributed by atoms with van der Waals surface area (Å²) in [6, 6.07) is 15.9. The molecule has 0 bridgehead atoms. The zero-order valence-electron chi connectivity index (χ0n) is 17.2. The van der Waals surface area contributed by atoms with Crippen LogP contribution in [0, 0.1) is 0 Å². The second kappa shape index (κ2) is 8.03. The number of rotatable bonds is 5. The van der Waals surface area contributed by atoms with Gasteiger partial charge in [-0.1, -0.05) is 30.0 Å². The summed E-state index contributed by atoms with van der Waals surface area (Å²) in [6.07, 6.45) is 4.16.